The van der Waals surface area contributed by atoms with Crippen molar-refractivity contribution in [2.75, 3.05) is 25.0 Å². The van der Waals surface area contributed by atoms with Gasteiger partial charge in [-0.3, -0.25) is 4.79 Å². The highest BCUT2D eigenvalue weighted by atomic mass is 32.2. The van der Waals surface area contributed by atoms with Gasteiger partial charge in [-0.2, -0.15) is 0 Å². The molecular formula is C13H20N2O4S. The van der Waals surface area contributed by atoms with Gasteiger partial charge in [-0.15, -0.1) is 0 Å². The predicted octanol–water partition coefficient (Wildman–Crippen LogP) is 1.14. The fourth-order valence-electron chi connectivity index (χ4n) is 1.91. The van der Waals surface area contributed by atoms with Crippen molar-refractivity contribution in [3.63, 3.8) is 0 Å². The summed E-state index contributed by atoms with van der Waals surface area (Å²) >= 11 is 0. The molecular weight excluding hydrogens is 280 g/mol. The molecule has 1 aromatic carbocycles. The smallest absolute Gasteiger partial charge is 0.323 e. The molecule has 112 valence electrons. The summed E-state index contributed by atoms with van der Waals surface area (Å²) in [4.78, 5) is 12.6. The number of benzene rings is 1. The van der Waals surface area contributed by atoms with Gasteiger partial charge >= 0.3 is 5.97 Å². The van der Waals surface area contributed by atoms with Gasteiger partial charge in [0.25, 0.3) is 0 Å². The Morgan fingerprint density at radius 2 is 1.95 bits per heavy atom. The molecule has 20 heavy (non-hydrogen) atoms. The van der Waals surface area contributed by atoms with E-state index in [0.717, 1.165) is 0 Å². The number of carbonyl (C=O) groups is 1. The van der Waals surface area contributed by atoms with Crippen molar-refractivity contribution >= 4 is 21.7 Å². The largest absolute Gasteiger partial charge is 0.480 e. The summed E-state index contributed by atoms with van der Waals surface area (Å²) < 4.78 is 26.3. The van der Waals surface area contributed by atoms with Crippen LogP contribution in [0.5, 0.6) is 0 Å². The summed E-state index contributed by atoms with van der Waals surface area (Å²) in [6, 6.07) is 6.40. The number of anilines is 1. The van der Waals surface area contributed by atoms with Crippen LogP contribution < -0.4 is 9.62 Å². The lowest BCUT2D eigenvalue weighted by molar-refractivity contribution is -0.135. The Kier molecular flexibility index (Phi) is 5.52. The van der Waals surface area contributed by atoms with Crippen molar-refractivity contribution < 1.29 is 18.3 Å². The molecule has 7 heteroatoms. The van der Waals surface area contributed by atoms with Crippen LogP contribution >= 0.6 is 0 Å². The van der Waals surface area contributed by atoms with E-state index in [-0.39, 0.29) is 17.4 Å². The maximum Gasteiger partial charge on any atom is 0.323 e. The number of nitrogens with one attached hydrogen (secondary N) is 1. The maximum absolute atomic E-state index is 12.0. The second kappa shape index (κ2) is 6.71. The van der Waals surface area contributed by atoms with Gasteiger partial charge in [0.15, 0.2) is 0 Å². The molecule has 0 radical (unpaired) electrons. The molecule has 0 aliphatic rings. The first-order chi connectivity index (χ1) is 9.27. The number of sulfonamides is 1. The molecule has 0 aliphatic heterocycles. The monoisotopic (exact) mass is 300 g/mol. The average Bonchev–Trinajstić information content (AvgIpc) is 2.37. The minimum atomic E-state index is -3.63. The lowest BCUT2D eigenvalue weighted by atomic mass is 10.2. The first kappa shape index (κ1) is 16.5. The van der Waals surface area contributed by atoms with E-state index in [1.165, 1.54) is 13.1 Å². The third-order valence-electron chi connectivity index (χ3n) is 2.68. The fraction of sp³-hybridized carbons (Fsp3) is 0.462. The highest BCUT2D eigenvalue weighted by molar-refractivity contribution is 7.89. The van der Waals surface area contributed by atoms with Gasteiger partial charge in [-0.25, -0.2) is 13.1 Å². The van der Waals surface area contributed by atoms with Gasteiger partial charge in [-0.1, -0.05) is 26.0 Å². The Labute approximate surface area is 119 Å². The van der Waals surface area contributed by atoms with Gasteiger partial charge in [0.05, 0.1) is 5.69 Å². The molecule has 2 N–H and O–H groups in total. The molecule has 1 aromatic rings. The standard InChI is InChI=1S/C13H20N2O4S/c1-10(2)8-15(9-13(16)17)11-6-4-5-7-12(11)20(18,19)14-3/h4-7,10,14H,8-9H2,1-3H3,(H,16,17). The van der Waals surface area contributed by atoms with Crippen LogP contribution in [-0.2, 0) is 14.8 Å². The van der Waals surface area contributed by atoms with E-state index in [1.54, 1.807) is 23.1 Å². The first-order valence-electron chi connectivity index (χ1n) is 6.27. The number of hydrogen-bond acceptors (Lipinski definition) is 4. The Bertz CT molecular complexity index is 569. The molecule has 0 saturated carbocycles. The topological polar surface area (TPSA) is 86.7 Å². The third-order valence-corrected chi connectivity index (χ3v) is 4.14. The lowest BCUT2D eigenvalue weighted by Crippen LogP contribution is -2.34. The van der Waals surface area contributed by atoms with Crippen LogP contribution in [0.2, 0.25) is 0 Å². The van der Waals surface area contributed by atoms with E-state index in [0.29, 0.717) is 12.2 Å². The van der Waals surface area contributed by atoms with Gasteiger partial charge in [0.2, 0.25) is 10.0 Å². The van der Waals surface area contributed by atoms with Crippen LogP contribution in [0.25, 0.3) is 0 Å². The Balaban J connectivity index is 3.29. The minimum absolute atomic E-state index is 0.0874. The number of aliphatic carboxylic acids is 1. The highest BCUT2D eigenvalue weighted by Gasteiger charge is 2.22. The van der Waals surface area contributed by atoms with Crippen LogP contribution in [0, 0.1) is 5.92 Å². The van der Waals surface area contributed by atoms with Crippen LogP contribution in [0.4, 0.5) is 5.69 Å². The molecule has 0 bridgehead atoms. The number of rotatable bonds is 7. The van der Waals surface area contributed by atoms with Crippen LogP contribution in [0.1, 0.15) is 13.8 Å². The third kappa shape index (κ3) is 4.21. The minimum Gasteiger partial charge on any atom is -0.480 e. The summed E-state index contributed by atoms with van der Waals surface area (Å²) in [7, 11) is -2.30. The van der Waals surface area contributed by atoms with Crippen molar-refractivity contribution in [1.82, 2.24) is 4.72 Å². The molecule has 0 spiro atoms. The van der Waals surface area contributed by atoms with E-state index in [2.05, 4.69) is 4.72 Å². The van der Waals surface area contributed by atoms with Crippen molar-refractivity contribution in [3.8, 4) is 0 Å². The lowest BCUT2D eigenvalue weighted by Gasteiger charge is -2.26. The van der Waals surface area contributed by atoms with Crippen LogP contribution in [0.15, 0.2) is 29.2 Å². The molecule has 0 heterocycles. The van der Waals surface area contributed by atoms with E-state index >= 15 is 0 Å². The number of hydrogen-bond donors (Lipinski definition) is 2. The second-order valence-electron chi connectivity index (χ2n) is 4.84. The van der Waals surface area contributed by atoms with E-state index in [9.17, 15) is 13.2 Å². The zero-order valence-electron chi connectivity index (χ0n) is 11.8. The van der Waals surface area contributed by atoms with Crippen molar-refractivity contribution in [3.05, 3.63) is 24.3 Å². The Morgan fingerprint density at radius 3 is 2.45 bits per heavy atom. The first-order valence-corrected chi connectivity index (χ1v) is 7.75. The number of carboxylic acids is 1. The molecule has 0 unspecified atom stereocenters. The molecule has 0 saturated heterocycles. The average molecular weight is 300 g/mol. The van der Waals surface area contributed by atoms with Crippen LogP contribution in [0.3, 0.4) is 0 Å². The van der Waals surface area contributed by atoms with Crippen LogP contribution in [-0.4, -0.2) is 39.6 Å². The van der Waals surface area contributed by atoms with Crippen molar-refractivity contribution in [2.45, 2.75) is 18.7 Å². The molecule has 0 aromatic heterocycles. The number of nitrogens with zero attached hydrogens (tertiary/aromatic N) is 1. The SMILES string of the molecule is CNS(=O)(=O)c1ccccc1N(CC(=O)O)CC(C)C. The molecule has 0 fully saturated rings. The summed E-state index contributed by atoms with van der Waals surface area (Å²) in [6.07, 6.45) is 0. The second-order valence-corrected chi connectivity index (χ2v) is 6.70. The summed E-state index contributed by atoms with van der Waals surface area (Å²) in [5.41, 5.74) is 0.401. The van der Waals surface area contributed by atoms with E-state index in [4.69, 9.17) is 5.11 Å². The highest BCUT2D eigenvalue weighted by Crippen LogP contribution is 2.25. The van der Waals surface area contributed by atoms with Crippen molar-refractivity contribution in [1.29, 1.82) is 0 Å². The summed E-state index contributed by atoms with van der Waals surface area (Å²) in [5, 5.41) is 9.00. The normalized spacial score (nSPS) is 11.6. The van der Waals surface area contributed by atoms with Crippen molar-refractivity contribution in [2.24, 2.45) is 5.92 Å². The van der Waals surface area contributed by atoms with Gasteiger partial charge < -0.3 is 10.0 Å². The maximum atomic E-state index is 12.0. The molecule has 1 rings (SSSR count). The number of carboxylic acid groups (broad SMARTS) is 1. The molecule has 0 amide bonds. The predicted molar refractivity (Wildman–Crippen MR) is 77.4 cm³/mol. The van der Waals surface area contributed by atoms with Gasteiger partial charge in [0, 0.05) is 6.54 Å². The zero-order chi connectivity index (χ0) is 15.3. The fourth-order valence-corrected chi connectivity index (χ4v) is 2.86. The molecule has 0 aliphatic carbocycles. The Hall–Kier alpha value is -1.60. The number of para-hydroxylation sites is 1. The quantitative estimate of drug-likeness (QED) is 0.788. The summed E-state index contributed by atoms with van der Waals surface area (Å²) in [5.74, 6) is -0.790. The zero-order valence-corrected chi connectivity index (χ0v) is 12.6. The Morgan fingerprint density at radius 1 is 1.35 bits per heavy atom. The van der Waals surface area contributed by atoms with Gasteiger partial charge in [0.1, 0.15) is 11.4 Å². The summed E-state index contributed by atoms with van der Waals surface area (Å²) in [6.45, 7) is 4.12. The molecule has 0 atom stereocenters. The van der Waals surface area contributed by atoms with Gasteiger partial charge in [-0.05, 0) is 25.1 Å². The molecule has 6 nitrogen and oxygen atoms in total. The van der Waals surface area contributed by atoms with E-state index in [1.807, 2.05) is 13.8 Å². The van der Waals surface area contributed by atoms with E-state index < -0.39 is 16.0 Å².